The molecule has 36 heavy (non-hydrogen) atoms. The topological polar surface area (TPSA) is 120 Å². The van der Waals surface area contributed by atoms with E-state index in [1.165, 1.54) is 6.92 Å². The van der Waals surface area contributed by atoms with Crippen molar-refractivity contribution in [2.75, 3.05) is 0 Å². The van der Waals surface area contributed by atoms with Gasteiger partial charge in [0.1, 0.15) is 24.3 Å². The van der Waals surface area contributed by atoms with Crippen molar-refractivity contribution in [2.45, 2.75) is 98.6 Å². The van der Waals surface area contributed by atoms with Crippen LogP contribution in [0.5, 0.6) is 0 Å². The Morgan fingerprint density at radius 3 is 1.89 bits per heavy atom. The summed E-state index contributed by atoms with van der Waals surface area (Å²) in [5.74, 6) is -1.83. The second-order valence-electron chi connectivity index (χ2n) is 10.7. The Bertz CT molecular complexity index is 863. The van der Waals surface area contributed by atoms with Crippen LogP contribution in [0.2, 0.25) is 0 Å². The van der Waals surface area contributed by atoms with Crippen molar-refractivity contribution >= 4 is 23.9 Å². The van der Waals surface area contributed by atoms with Gasteiger partial charge in [-0.15, -0.1) is 0 Å². The van der Waals surface area contributed by atoms with Gasteiger partial charge in [-0.1, -0.05) is 58.0 Å². The van der Waals surface area contributed by atoms with Gasteiger partial charge in [0.05, 0.1) is 0 Å². The lowest BCUT2D eigenvalue weighted by atomic mass is 10.0. The van der Waals surface area contributed by atoms with E-state index in [2.05, 4.69) is 10.6 Å². The normalized spacial score (nSPS) is 13.9. The number of carbonyl (C=O) groups excluding carboxylic acids is 4. The van der Waals surface area contributed by atoms with Crippen molar-refractivity contribution in [3.05, 3.63) is 35.9 Å². The molecule has 0 aliphatic rings. The number of hydrogen-bond acceptors (Lipinski definition) is 7. The van der Waals surface area contributed by atoms with Crippen LogP contribution in [0, 0.1) is 11.8 Å². The largest absolute Gasteiger partial charge is 0.458 e. The van der Waals surface area contributed by atoms with Crippen LogP contribution >= 0.6 is 0 Å². The monoisotopic (exact) mass is 506 g/mol. The summed E-state index contributed by atoms with van der Waals surface area (Å²) in [7, 11) is 0. The minimum Gasteiger partial charge on any atom is -0.458 e. The smallest absolute Gasteiger partial charge is 0.408 e. The van der Waals surface area contributed by atoms with Gasteiger partial charge in [-0.05, 0) is 57.9 Å². The lowest BCUT2D eigenvalue weighted by Crippen LogP contribution is -2.53. The highest BCUT2D eigenvalue weighted by atomic mass is 16.6. The van der Waals surface area contributed by atoms with Crippen LogP contribution in [0.4, 0.5) is 4.79 Å². The molecule has 0 aliphatic heterocycles. The van der Waals surface area contributed by atoms with Crippen LogP contribution in [0.3, 0.4) is 0 Å². The number of alkyl carbamates (subject to hydrolysis) is 1. The summed E-state index contributed by atoms with van der Waals surface area (Å²) in [5, 5.41) is 5.28. The molecule has 1 aromatic rings. The van der Waals surface area contributed by atoms with Gasteiger partial charge in [0, 0.05) is 0 Å². The summed E-state index contributed by atoms with van der Waals surface area (Å²) in [4.78, 5) is 50.6. The van der Waals surface area contributed by atoms with E-state index in [-0.39, 0.29) is 24.9 Å². The predicted octanol–water partition coefficient (Wildman–Crippen LogP) is 4.13. The maximum Gasteiger partial charge on any atom is 0.408 e. The zero-order valence-electron chi connectivity index (χ0n) is 22.8. The van der Waals surface area contributed by atoms with E-state index >= 15 is 0 Å². The highest BCUT2D eigenvalue weighted by Gasteiger charge is 2.31. The quantitative estimate of drug-likeness (QED) is 0.323. The Labute approximate surface area is 214 Å². The fourth-order valence-electron chi connectivity index (χ4n) is 3.26. The third-order valence-electron chi connectivity index (χ3n) is 4.87. The number of rotatable bonds is 12. The summed E-state index contributed by atoms with van der Waals surface area (Å²) in [5.41, 5.74) is 0.0843. The van der Waals surface area contributed by atoms with Crippen LogP contribution in [0.1, 0.15) is 73.8 Å². The van der Waals surface area contributed by atoms with Gasteiger partial charge in [-0.25, -0.2) is 14.4 Å². The maximum absolute atomic E-state index is 13.1. The summed E-state index contributed by atoms with van der Waals surface area (Å²) < 4.78 is 15.8. The number of esters is 2. The summed E-state index contributed by atoms with van der Waals surface area (Å²) in [6.45, 7) is 14.3. The van der Waals surface area contributed by atoms with Gasteiger partial charge in [0.15, 0.2) is 6.10 Å². The molecule has 2 amide bonds. The van der Waals surface area contributed by atoms with Gasteiger partial charge >= 0.3 is 18.0 Å². The number of carbonyl (C=O) groups is 4. The number of benzene rings is 1. The molecule has 0 aliphatic carbocycles. The predicted molar refractivity (Wildman–Crippen MR) is 136 cm³/mol. The van der Waals surface area contributed by atoms with Crippen molar-refractivity contribution in [1.82, 2.24) is 10.6 Å². The van der Waals surface area contributed by atoms with Gasteiger partial charge in [0.25, 0.3) is 0 Å². The van der Waals surface area contributed by atoms with Crippen LogP contribution in [-0.4, -0.2) is 47.7 Å². The first kappa shape index (κ1) is 30.9. The molecular formula is C27H42N2O7. The molecule has 9 heteroatoms. The van der Waals surface area contributed by atoms with E-state index in [0.717, 1.165) is 5.56 Å². The molecule has 0 saturated carbocycles. The Balaban J connectivity index is 2.83. The van der Waals surface area contributed by atoms with Crippen molar-refractivity contribution < 1.29 is 33.4 Å². The van der Waals surface area contributed by atoms with Crippen LogP contribution < -0.4 is 10.6 Å². The number of nitrogens with one attached hydrogen (secondary N) is 2. The first-order valence-corrected chi connectivity index (χ1v) is 12.4. The first-order chi connectivity index (χ1) is 16.7. The minimum atomic E-state index is -1.15. The highest BCUT2D eigenvalue weighted by Crippen LogP contribution is 2.13. The number of amides is 2. The molecule has 2 N–H and O–H groups in total. The first-order valence-electron chi connectivity index (χ1n) is 12.4. The van der Waals surface area contributed by atoms with Gasteiger partial charge in [-0.2, -0.15) is 0 Å². The fourth-order valence-corrected chi connectivity index (χ4v) is 3.26. The lowest BCUT2D eigenvalue weighted by Gasteiger charge is -2.26. The van der Waals surface area contributed by atoms with E-state index in [9.17, 15) is 19.2 Å². The molecule has 202 valence electrons. The third-order valence-corrected chi connectivity index (χ3v) is 4.87. The molecular weight excluding hydrogens is 464 g/mol. The summed E-state index contributed by atoms with van der Waals surface area (Å²) in [6.07, 6.45) is -1.24. The SMILES string of the molecule is CC(C)C[C@H](NC(=O)OC(C)(C)C)C(=O)N[C@@H](CC(C)C)C(=O)O[C@@H](C)C(=O)OCc1ccccc1. The Kier molecular flexibility index (Phi) is 12.4. The van der Waals surface area contributed by atoms with Crippen molar-refractivity contribution in [1.29, 1.82) is 0 Å². The molecule has 3 atom stereocenters. The second kappa shape index (κ2) is 14.5. The van der Waals surface area contributed by atoms with E-state index in [0.29, 0.717) is 6.42 Å². The standard InChI is InChI=1S/C27H42N2O7/c1-17(2)14-21(29-26(33)36-27(6,7)8)23(30)28-22(15-18(3)4)25(32)35-19(5)24(31)34-16-20-12-10-9-11-13-20/h9-13,17-19,21-22H,14-16H2,1-8H3,(H,28,30)(H,29,33)/t19-,21-,22-/m0/s1. The van der Waals surface area contributed by atoms with Crippen molar-refractivity contribution in [2.24, 2.45) is 11.8 Å². The Hall–Kier alpha value is -3.10. The zero-order valence-corrected chi connectivity index (χ0v) is 22.8. The maximum atomic E-state index is 13.1. The average Bonchev–Trinajstić information content (AvgIpc) is 2.75. The number of ether oxygens (including phenoxy) is 3. The molecule has 0 heterocycles. The molecule has 0 fully saturated rings. The lowest BCUT2D eigenvalue weighted by molar-refractivity contribution is -0.169. The summed E-state index contributed by atoms with van der Waals surface area (Å²) >= 11 is 0. The van der Waals surface area contributed by atoms with Crippen LogP contribution in [0.25, 0.3) is 0 Å². The third kappa shape index (κ3) is 12.6. The van der Waals surface area contributed by atoms with E-state index in [4.69, 9.17) is 14.2 Å². The molecule has 0 aromatic heterocycles. The molecule has 9 nitrogen and oxygen atoms in total. The Morgan fingerprint density at radius 1 is 0.806 bits per heavy atom. The summed E-state index contributed by atoms with van der Waals surface area (Å²) in [6, 6.07) is 7.24. The zero-order chi connectivity index (χ0) is 27.5. The van der Waals surface area contributed by atoms with Crippen molar-refractivity contribution in [3.63, 3.8) is 0 Å². The van der Waals surface area contributed by atoms with E-state index < -0.39 is 47.7 Å². The fraction of sp³-hybridized carbons (Fsp3) is 0.630. The van der Waals surface area contributed by atoms with Crippen molar-refractivity contribution in [3.8, 4) is 0 Å². The molecule has 0 saturated heterocycles. The van der Waals surface area contributed by atoms with Crippen LogP contribution in [-0.2, 0) is 35.2 Å². The van der Waals surface area contributed by atoms with E-state index in [1.54, 1.807) is 20.8 Å². The molecule has 1 rings (SSSR count). The Morgan fingerprint density at radius 2 is 1.36 bits per heavy atom. The molecule has 0 bridgehead atoms. The molecule has 1 aromatic carbocycles. The highest BCUT2D eigenvalue weighted by molar-refractivity contribution is 5.90. The number of hydrogen-bond donors (Lipinski definition) is 2. The van der Waals surface area contributed by atoms with Crippen LogP contribution in [0.15, 0.2) is 30.3 Å². The average molecular weight is 507 g/mol. The molecule has 0 unspecified atom stereocenters. The molecule has 0 radical (unpaired) electrons. The minimum absolute atomic E-state index is 0.0468. The van der Waals surface area contributed by atoms with Gasteiger partial charge < -0.3 is 24.8 Å². The molecule has 0 spiro atoms. The van der Waals surface area contributed by atoms with E-state index in [1.807, 2.05) is 58.0 Å². The van der Waals surface area contributed by atoms with Gasteiger partial charge in [-0.3, -0.25) is 4.79 Å². The van der Waals surface area contributed by atoms with Gasteiger partial charge in [0.2, 0.25) is 5.91 Å². The second-order valence-corrected chi connectivity index (χ2v) is 10.7.